The molecule has 1 atom stereocenters. The number of rotatable bonds is 10. The first-order chi connectivity index (χ1) is 15.9. The van der Waals surface area contributed by atoms with Gasteiger partial charge in [0.2, 0.25) is 5.89 Å². The van der Waals surface area contributed by atoms with Crippen molar-refractivity contribution in [3.05, 3.63) is 95.9 Å². The van der Waals surface area contributed by atoms with E-state index in [1.807, 2.05) is 54.6 Å². The molecule has 0 bridgehead atoms. The summed E-state index contributed by atoms with van der Waals surface area (Å²) in [7, 11) is 0. The number of carboxylic acid groups (broad SMARTS) is 1. The highest BCUT2D eigenvalue weighted by molar-refractivity contribution is 5.76. The van der Waals surface area contributed by atoms with Gasteiger partial charge in [-0.1, -0.05) is 54.6 Å². The summed E-state index contributed by atoms with van der Waals surface area (Å²) in [5.41, 5.74) is 2.66. The van der Waals surface area contributed by atoms with E-state index < -0.39 is 11.6 Å². The molecule has 1 heterocycles. The second-order valence-corrected chi connectivity index (χ2v) is 8.54. The zero-order valence-electron chi connectivity index (χ0n) is 18.8. The van der Waals surface area contributed by atoms with Crippen molar-refractivity contribution in [1.29, 1.82) is 0 Å². The van der Waals surface area contributed by atoms with Crippen molar-refractivity contribution in [2.75, 3.05) is 0 Å². The highest BCUT2D eigenvalue weighted by Crippen LogP contribution is 2.25. The van der Waals surface area contributed by atoms with Gasteiger partial charge in [0.1, 0.15) is 11.3 Å². The number of ether oxygens (including phenoxy) is 1. The Bertz CT molecular complexity index is 1170. The maximum atomic E-state index is 11.3. The van der Waals surface area contributed by atoms with Crippen molar-refractivity contribution in [2.45, 2.75) is 44.9 Å². The summed E-state index contributed by atoms with van der Waals surface area (Å²) in [4.78, 5) is 16.0. The molecular formula is C27H28N2O4. The minimum atomic E-state index is -1.28. The fourth-order valence-electron chi connectivity index (χ4n) is 3.56. The molecule has 0 aliphatic carbocycles. The number of carboxylic acids is 1. The van der Waals surface area contributed by atoms with Crippen LogP contribution >= 0.6 is 0 Å². The van der Waals surface area contributed by atoms with E-state index in [1.54, 1.807) is 12.1 Å². The number of fused-ring (bicyclic) bond motifs is 1. The van der Waals surface area contributed by atoms with Crippen LogP contribution in [0.2, 0.25) is 0 Å². The van der Waals surface area contributed by atoms with Crippen molar-refractivity contribution >= 4 is 17.1 Å². The number of oxazole rings is 1. The third kappa shape index (κ3) is 5.79. The van der Waals surface area contributed by atoms with Crippen LogP contribution in [0.3, 0.4) is 0 Å². The average molecular weight is 445 g/mol. The average Bonchev–Trinajstić information content (AvgIpc) is 3.24. The first kappa shape index (κ1) is 22.6. The minimum absolute atomic E-state index is 0.0560. The summed E-state index contributed by atoms with van der Waals surface area (Å²) >= 11 is 0. The topological polar surface area (TPSA) is 84.6 Å². The molecule has 0 radical (unpaired) electrons. The van der Waals surface area contributed by atoms with Crippen molar-refractivity contribution in [3.8, 4) is 5.75 Å². The van der Waals surface area contributed by atoms with Gasteiger partial charge in [-0.3, -0.25) is 0 Å². The highest BCUT2D eigenvalue weighted by atomic mass is 16.5. The number of aryl methyl sites for hydroxylation is 1. The Morgan fingerprint density at radius 2 is 1.70 bits per heavy atom. The Balaban J connectivity index is 1.46. The Hall–Kier alpha value is -3.64. The van der Waals surface area contributed by atoms with E-state index in [2.05, 4.69) is 17.4 Å². The van der Waals surface area contributed by atoms with Crippen LogP contribution in [0.15, 0.2) is 83.3 Å². The zero-order valence-corrected chi connectivity index (χ0v) is 18.8. The van der Waals surface area contributed by atoms with Crippen LogP contribution in [0.5, 0.6) is 5.75 Å². The van der Waals surface area contributed by atoms with Gasteiger partial charge in [0.15, 0.2) is 11.2 Å². The molecule has 0 spiro atoms. The lowest BCUT2D eigenvalue weighted by molar-refractivity contribution is -0.152. The maximum absolute atomic E-state index is 11.3. The van der Waals surface area contributed by atoms with Gasteiger partial charge in [0.25, 0.3) is 0 Å². The first-order valence-corrected chi connectivity index (χ1v) is 11.0. The van der Waals surface area contributed by atoms with E-state index in [0.29, 0.717) is 18.2 Å². The van der Waals surface area contributed by atoms with E-state index in [-0.39, 0.29) is 6.04 Å². The molecule has 0 aliphatic heterocycles. The normalized spacial score (nSPS) is 12.5. The molecule has 0 aliphatic rings. The zero-order chi connectivity index (χ0) is 23.3. The molecular weight excluding hydrogens is 416 g/mol. The molecule has 0 amide bonds. The fourth-order valence-corrected chi connectivity index (χ4v) is 3.56. The van der Waals surface area contributed by atoms with E-state index in [9.17, 15) is 9.90 Å². The lowest BCUT2D eigenvalue weighted by atomic mass is 10.0. The summed E-state index contributed by atoms with van der Waals surface area (Å²) in [6.45, 7) is 3.67. The Morgan fingerprint density at radius 3 is 2.39 bits per heavy atom. The predicted molar refractivity (Wildman–Crippen MR) is 127 cm³/mol. The number of carbonyl (C=O) groups is 1. The van der Waals surface area contributed by atoms with Gasteiger partial charge in [-0.25, -0.2) is 9.78 Å². The predicted octanol–water partition coefficient (Wildman–Crippen LogP) is 5.53. The highest BCUT2D eigenvalue weighted by Gasteiger charge is 2.29. The van der Waals surface area contributed by atoms with E-state index in [4.69, 9.17) is 14.1 Å². The summed E-state index contributed by atoms with van der Waals surface area (Å²) < 4.78 is 11.6. The minimum Gasteiger partial charge on any atom is -0.478 e. The number of hydrogen-bond donors (Lipinski definition) is 2. The Morgan fingerprint density at radius 1 is 1.00 bits per heavy atom. The second-order valence-electron chi connectivity index (χ2n) is 8.54. The summed E-state index contributed by atoms with van der Waals surface area (Å²) in [6.07, 6.45) is 1.74. The number of nitrogens with one attached hydrogen (secondary N) is 1. The molecule has 0 saturated heterocycles. The van der Waals surface area contributed by atoms with Crippen LogP contribution in [0.25, 0.3) is 11.1 Å². The van der Waals surface area contributed by atoms with Gasteiger partial charge >= 0.3 is 5.97 Å². The van der Waals surface area contributed by atoms with Gasteiger partial charge in [-0.15, -0.1) is 0 Å². The van der Waals surface area contributed by atoms with Gasteiger partial charge in [-0.05, 0) is 62.1 Å². The lowest BCUT2D eigenvalue weighted by Crippen LogP contribution is -2.37. The van der Waals surface area contributed by atoms with Gasteiger partial charge in [0.05, 0.1) is 6.04 Å². The van der Waals surface area contributed by atoms with Crippen molar-refractivity contribution in [1.82, 2.24) is 10.3 Å². The number of aromatic nitrogens is 1. The third-order valence-electron chi connectivity index (χ3n) is 5.54. The van der Waals surface area contributed by atoms with Gasteiger partial charge in [0, 0.05) is 6.54 Å². The van der Waals surface area contributed by atoms with E-state index >= 15 is 0 Å². The Labute approximate surface area is 193 Å². The number of nitrogens with zero attached hydrogens (tertiary/aromatic N) is 1. The first-order valence-electron chi connectivity index (χ1n) is 11.0. The van der Waals surface area contributed by atoms with Gasteiger partial charge in [-0.2, -0.15) is 0 Å². The molecule has 0 saturated carbocycles. The second kappa shape index (κ2) is 9.88. The van der Waals surface area contributed by atoms with E-state index in [1.165, 1.54) is 19.4 Å². The number of aliphatic carboxylic acids is 1. The molecule has 0 fully saturated rings. The molecule has 6 heteroatoms. The van der Waals surface area contributed by atoms with Crippen molar-refractivity contribution < 1.29 is 19.1 Å². The molecule has 4 aromatic rings. The molecule has 2 N–H and O–H groups in total. The molecule has 3 aromatic carbocycles. The maximum Gasteiger partial charge on any atom is 0.347 e. The quantitative estimate of drug-likeness (QED) is 0.334. The van der Waals surface area contributed by atoms with Crippen molar-refractivity contribution in [2.24, 2.45) is 0 Å². The number of para-hydroxylation sites is 2. The number of benzene rings is 3. The SMILES string of the molecule is CC(C)(Oc1ccc(CNC(CCc2ccccc2)c2nc3ccccc3o2)cc1)C(=O)O. The van der Waals surface area contributed by atoms with Crippen LogP contribution in [-0.4, -0.2) is 21.7 Å². The van der Waals surface area contributed by atoms with Crippen LogP contribution in [-0.2, 0) is 17.8 Å². The smallest absolute Gasteiger partial charge is 0.347 e. The lowest BCUT2D eigenvalue weighted by Gasteiger charge is -2.21. The van der Waals surface area contributed by atoms with Crippen LogP contribution in [0.4, 0.5) is 0 Å². The summed E-state index contributed by atoms with van der Waals surface area (Å²) in [6, 6.07) is 25.5. The largest absolute Gasteiger partial charge is 0.478 e. The molecule has 1 unspecified atom stereocenters. The Kier molecular flexibility index (Phi) is 6.75. The molecule has 4 rings (SSSR count). The van der Waals surface area contributed by atoms with Crippen molar-refractivity contribution in [3.63, 3.8) is 0 Å². The standard InChI is InChI=1S/C27H28N2O4/c1-27(2,26(30)31)33-21-15-12-20(13-16-21)18-28-23(17-14-19-8-4-3-5-9-19)25-29-22-10-6-7-11-24(22)32-25/h3-13,15-16,23,28H,14,17-18H2,1-2H3,(H,30,31). The fraction of sp³-hybridized carbons (Fsp3) is 0.259. The van der Waals surface area contributed by atoms with Crippen LogP contribution < -0.4 is 10.1 Å². The monoisotopic (exact) mass is 444 g/mol. The molecule has 6 nitrogen and oxygen atoms in total. The summed E-state index contributed by atoms with van der Waals surface area (Å²) in [5, 5.41) is 12.8. The summed E-state index contributed by atoms with van der Waals surface area (Å²) in [5.74, 6) is 0.189. The van der Waals surface area contributed by atoms with E-state index in [0.717, 1.165) is 29.5 Å². The molecule has 1 aromatic heterocycles. The van der Waals surface area contributed by atoms with Crippen LogP contribution in [0, 0.1) is 0 Å². The molecule has 170 valence electrons. The van der Waals surface area contributed by atoms with Crippen LogP contribution in [0.1, 0.15) is 43.3 Å². The molecule has 33 heavy (non-hydrogen) atoms. The number of hydrogen-bond acceptors (Lipinski definition) is 5. The van der Waals surface area contributed by atoms with Gasteiger partial charge < -0.3 is 19.6 Å². The third-order valence-corrected chi connectivity index (χ3v) is 5.54.